The molecule has 0 aromatic heterocycles. The van der Waals surface area contributed by atoms with Crippen LogP contribution in [0.2, 0.25) is 0 Å². The Kier molecular flexibility index (Phi) is 178. The quantitative estimate of drug-likeness (QED) is 0.320. The molecule has 0 saturated heterocycles. The molecule has 0 heterocycles. The van der Waals surface area contributed by atoms with Crippen LogP contribution in [0.25, 0.3) is 0 Å². The zero-order valence-corrected chi connectivity index (χ0v) is 3.38. The van der Waals surface area contributed by atoms with E-state index in [0.29, 0.717) is 0 Å². The van der Waals surface area contributed by atoms with Crippen molar-refractivity contribution >= 4 is 0 Å². The monoisotopic (exact) mass is 99.0 g/mol. The van der Waals surface area contributed by atoms with Gasteiger partial charge in [0.1, 0.15) is 0 Å². The van der Waals surface area contributed by atoms with E-state index in [9.17, 15) is 0 Å². The molecule has 0 spiro atoms. The third kappa shape index (κ3) is 11.9. The van der Waals surface area contributed by atoms with Crippen LogP contribution in [0.5, 0.6) is 0 Å². The van der Waals surface area contributed by atoms with E-state index in [1.54, 1.807) is 0 Å². The maximum Gasteiger partial charge on any atom is 1.00 e. The maximum atomic E-state index is 8.50. The Hall–Kier alpha value is 1.01. The van der Waals surface area contributed by atoms with E-state index < -0.39 is 0 Å². The van der Waals surface area contributed by atoms with Crippen LogP contribution in [0.3, 0.4) is 0 Å². The van der Waals surface area contributed by atoms with Crippen molar-refractivity contribution in [3.8, 4) is 0 Å². The van der Waals surface area contributed by atoms with Crippen molar-refractivity contribution in [3.63, 3.8) is 0 Å². The van der Waals surface area contributed by atoms with Crippen LogP contribution in [-0.2, 0) is 17.1 Å². The van der Waals surface area contributed by atoms with Gasteiger partial charge in [-0.05, 0) is 0 Å². The van der Waals surface area contributed by atoms with Crippen LogP contribution in [0.1, 0.15) is 1.43 Å². The minimum Gasteiger partial charge on any atom is -1.00 e. The molecule has 4 heavy (non-hydrogen) atoms. The molecule has 0 aromatic carbocycles. The summed E-state index contributed by atoms with van der Waals surface area (Å²) in [4.78, 5) is 0. The molecule has 0 bridgehead atoms. The molecule has 0 fully saturated rings. The zero-order valence-electron chi connectivity index (χ0n) is 3.20. The first-order chi connectivity index (χ1) is 1.00. The molecule has 0 aromatic rings. The first kappa shape index (κ1) is 20.0. The molecule has 0 rings (SSSR count). The third-order valence-electron chi connectivity index (χ3n) is 0. The number of hydrogen-bond donors (Lipinski definition) is 1. The minimum atomic E-state index is 0. The Bertz CT molecular complexity index is 11.6. The third-order valence-corrected chi connectivity index (χ3v) is 0. The standard InChI is InChI=1S/FHO.Li.Mn.H/c1-2;;;/h2H;;;/q;+1;;-1. The largest absolute Gasteiger partial charge is 1.00 e. The normalized spacial score (nSPS) is 1.50. The van der Waals surface area contributed by atoms with Crippen LogP contribution in [0.15, 0.2) is 0 Å². The molecule has 4 heteroatoms. The second-order valence-electron chi connectivity index (χ2n) is 0. The molecular formula is H2FLiMnO. The average molecular weight is 98.9 g/mol. The van der Waals surface area contributed by atoms with E-state index in [1.165, 1.54) is 0 Å². The van der Waals surface area contributed by atoms with Gasteiger partial charge in [-0.25, -0.2) is 5.31 Å². The predicted octanol–water partition coefficient (Wildman–Crippen LogP) is -3.02. The number of hydrogen-bond acceptors (Lipinski definition) is 1. The fraction of sp³-hybridized carbons (Fsp3) is 0. The van der Waals surface area contributed by atoms with Gasteiger partial charge in [0, 0.05) is 17.1 Å². The fourth-order valence-electron chi connectivity index (χ4n) is 0. The van der Waals surface area contributed by atoms with Gasteiger partial charge in [0.25, 0.3) is 0 Å². The summed E-state index contributed by atoms with van der Waals surface area (Å²) in [5.41, 5.74) is 0. The fourth-order valence-corrected chi connectivity index (χ4v) is 0. The van der Waals surface area contributed by atoms with Gasteiger partial charge in [0.2, 0.25) is 0 Å². The molecule has 0 amide bonds. The Morgan fingerprint density at radius 3 is 1.50 bits per heavy atom. The van der Waals surface area contributed by atoms with E-state index in [1.807, 2.05) is 0 Å². The summed E-state index contributed by atoms with van der Waals surface area (Å²) in [6.45, 7) is 0. The van der Waals surface area contributed by atoms with Crippen molar-refractivity contribution in [1.29, 1.82) is 0 Å². The molecule has 0 aliphatic carbocycles. The van der Waals surface area contributed by atoms with Crippen LogP contribution >= 0.6 is 0 Å². The van der Waals surface area contributed by atoms with Crippen LogP contribution in [-0.4, -0.2) is 5.31 Å². The molecule has 1 N–H and O–H groups in total. The molecular weight excluding hydrogens is 96.9 g/mol. The summed E-state index contributed by atoms with van der Waals surface area (Å²) < 4.78 is 8.50. The molecule has 0 atom stereocenters. The smallest absolute Gasteiger partial charge is 1.00 e. The van der Waals surface area contributed by atoms with Crippen molar-refractivity contribution in [2.45, 2.75) is 0 Å². The number of halogens is 1. The second-order valence-corrected chi connectivity index (χ2v) is 0. The summed E-state index contributed by atoms with van der Waals surface area (Å²) >= 11 is 0. The Morgan fingerprint density at radius 1 is 1.50 bits per heavy atom. The summed E-state index contributed by atoms with van der Waals surface area (Å²) in [7, 11) is 0. The molecule has 0 aliphatic rings. The van der Waals surface area contributed by atoms with Crippen LogP contribution in [0.4, 0.5) is 4.53 Å². The van der Waals surface area contributed by atoms with Crippen LogP contribution in [0, 0.1) is 0 Å². The van der Waals surface area contributed by atoms with E-state index in [2.05, 4.69) is 0 Å². The van der Waals surface area contributed by atoms with Crippen LogP contribution < -0.4 is 18.9 Å². The first-order valence-corrected chi connectivity index (χ1v) is 0.169. The van der Waals surface area contributed by atoms with E-state index in [-0.39, 0.29) is 37.4 Å². The molecule has 0 aliphatic heterocycles. The number of rotatable bonds is 0. The molecule has 1 nitrogen and oxygen atoms in total. The maximum absolute atomic E-state index is 8.50. The molecule has 0 unspecified atom stereocenters. The van der Waals surface area contributed by atoms with Crippen molar-refractivity contribution < 1.29 is 47.2 Å². The van der Waals surface area contributed by atoms with E-state index in [0.717, 1.165) is 0 Å². The van der Waals surface area contributed by atoms with E-state index in [4.69, 9.17) is 9.84 Å². The van der Waals surface area contributed by atoms with Gasteiger partial charge < -0.3 is 1.43 Å². The zero-order chi connectivity index (χ0) is 2.00. The average Bonchev–Trinajstić information content (AvgIpc) is 1.00. The van der Waals surface area contributed by atoms with Gasteiger partial charge in [-0.1, -0.05) is 4.53 Å². The molecule has 1 radical (unpaired) electrons. The predicted molar refractivity (Wildman–Crippen MR) is 4.44 cm³/mol. The van der Waals surface area contributed by atoms with Crippen molar-refractivity contribution in [2.24, 2.45) is 0 Å². The van der Waals surface area contributed by atoms with Gasteiger partial charge in [0.15, 0.2) is 0 Å². The summed E-state index contributed by atoms with van der Waals surface area (Å²) in [6, 6.07) is 0. The summed E-state index contributed by atoms with van der Waals surface area (Å²) in [5.74, 6) is 0. The summed E-state index contributed by atoms with van der Waals surface area (Å²) in [6.07, 6.45) is 0. The topological polar surface area (TPSA) is 20.2 Å². The SMILES string of the molecule is OF.[H-].[Li+].[Mn]. The molecule has 23 valence electrons. The minimum absolute atomic E-state index is 0. The van der Waals surface area contributed by atoms with Crippen molar-refractivity contribution in [1.82, 2.24) is 0 Å². The van der Waals surface area contributed by atoms with Crippen molar-refractivity contribution in [2.75, 3.05) is 0 Å². The van der Waals surface area contributed by atoms with Gasteiger partial charge in [-0.2, -0.15) is 0 Å². The molecule has 0 saturated carbocycles. The second kappa shape index (κ2) is 35.7. The van der Waals surface area contributed by atoms with Gasteiger partial charge in [0.05, 0.1) is 0 Å². The Balaban J connectivity index is -0.00000000167. The van der Waals surface area contributed by atoms with Gasteiger partial charge in [-0.15, -0.1) is 0 Å². The van der Waals surface area contributed by atoms with Crippen molar-refractivity contribution in [3.05, 3.63) is 0 Å². The Labute approximate surface area is 47.6 Å². The van der Waals surface area contributed by atoms with E-state index >= 15 is 0 Å². The summed E-state index contributed by atoms with van der Waals surface area (Å²) in [5, 5.41) is 5.50. The first-order valence-electron chi connectivity index (χ1n) is 0.169. The Morgan fingerprint density at radius 2 is 1.50 bits per heavy atom. The van der Waals surface area contributed by atoms with Gasteiger partial charge in [-0.3, -0.25) is 0 Å². The van der Waals surface area contributed by atoms with Gasteiger partial charge >= 0.3 is 18.9 Å².